The molecule has 0 amide bonds. The molecule has 76 valence electrons. The van der Waals surface area contributed by atoms with Gasteiger partial charge in [-0.2, -0.15) is 0 Å². The van der Waals surface area contributed by atoms with Crippen LogP contribution in [0.15, 0.2) is 29.2 Å². The van der Waals surface area contributed by atoms with Gasteiger partial charge in [-0.15, -0.1) is 0 Å². The molecule has 0 saturated heterocycles. The van der Waals surface area contributed by atoms with E-state index in [1.807, 2.05) is 6.07 Å². The van der Waals surface area contributed by atoms with Crippen LogP contribution in [-0.2, 0) is 0 Å². The highest BCUT2D eigenvalue weighted by atomic mass is 127. The molecule has 0 spiro atoms. The van der Waals surface area contributed by atoms with E-state index in [0.717, 1.165) is 9.77 Å². The van der Waals surface area contributed by atoms with Crippen LogP contribution >= 0.6 is 22.6 Å². The number of hydrogen-bond donors (Lipinski definition) is 1. The maximum absolute atomic E-state index is 11.7. The summed E-state index contributed by atoms with van der Waals surface area (Å²) in [5.41, 5.74) is -0.342. The second kappa shape index (κ2) is 3.61. The summed E-state index contributed by atoms with van der Waals surface area (Å²) < 4.78 is 0.858. The molecule has 0 saturated carbocycles. The third kappa shape index (κ3) is 1.60. The zero-order valence-corrected chi connectivity index (χ0v) is 9.52. The lowest BCUT2D eigenvalue weighted by Crippen LogP contribution is -2.09. The molecule has 5 nitrogen and oxygen atoms in total. The molecule has 6 heteroatoms. The highest BCUT2D eigenvalue weighted by Gasteiger charge is 2.14. The monoisotopic (exact) mass is 316 g/mol. The molecule has 0 radical (unpaired) electrons. The summed E-state index contributed by atoms with van der Waals surface area (Å²) in [5.74, 6) is 0. The number of rotatable bonds is 1. The Balaban J connectivity index is 2.92. The van der Waals surface area contributed by atoms with Crippen molar-refractivity contribution in [2.24, 2.45) is 0 Å². The van der Waals surface area contributed by atoms with Gasteiger partial charge >= 0.3 is 5.69 Å². The van der Waals surface area contributed by atoms with Crippen molar-refractivity contribution in [3.63, 3.8) is 0 Å². The van der Waals surface area contributed by atoms with E-state index in [1.165, 1.54) is 0 Å². The zero-order chi connectivity index (χ0) is 11.0. The Hall–Kier alpha value is -1.44. The third-order valence-corrected chi connectivity index (χ3v) is 2.94. The maximum Gasteiger partial charge on any atom is 0.332 e. The molecule has 0 aliphatic rings. The highest BCUT2D eigenvalue weighted by molar-refractivity contribution is 14.1. The molecule has 1 N–H and O–H groups in total. The van der Waals surface area contributed by atoms with Crippen molar-refractivity contribution < 1.29 is 4.92 Å². The van der Waals surface area contributed by atoms with Crippen LogP contribution in [0.4, 0.5) is 5.69 Å². The van der Waals surface area contributed by atoms with Gasteiger partial charge in [-0.25, -0.2) is 0 Å². The van der Waals surface area contributed by atoms with Crippen molar-refractivity contribution in [2.75, 3.05) is 0 Å². The number of hydrogen-bond acceptors (Lipinski definition) is 3. The molecule has 15 heavy (non-hydrogen) atoms. The summed E-state index contributed by atoms with van der Waals surface area (Å²) in [6.45, 7) is 0. The molecule has 0 unspecified atom stereocenters. The van der Waals surface area contributed by atoms with Crippen LogP contribution in [0.5, 0.6) is 0 Å². The molecule has 2 aromatic rings. The quantitative estimate of drug-likeness (QED) is 0.497. The minimum Gasteiger partial charge on any atom is -0.354 e. The summed E-state index contributed by atoms with van der Waals surface area (Å²) >= 11 is 2.06. The van der Waals surface area contributed by atoms with Crippen LogP contribution in [0.1, 0.15) is 0 Å². The van der Waals surface area contributed by atoms with E-state index in [4.69, 9.17) is 0 Å². The van der Waals surface area contributed by atoms with Gasteiger partial charge in [0, 0.05) is 3.57 Å². The van der Waals surface area contributed by atoms with E-state index in [2.05, 4.69) is 27.6 Å². The number of para-hydroxylation sites is 1. The SMILES string of the molecule is O=c1c([N+](=O)[O-])c[nH]c2c(I)cccc12. The number of H-pyrrole nitrogens is 1. The first-order valence-corrected chi connectivity index (χ1v) is 5.13. The first-order chi connectivity index (χ1) is 7.11. The highest BCUT2D eigenvalue weighted by Crippen LogP contribution is 2.17. The predicted molar refractivity (Wildman–Crippen MR) is 63.9 cm³/mol. The largest absolute Gasteiger partial charge is 0.354 e. The number of nitrogens with zero attached hydrogens (tertiary/aromatic N) is 1. The molecule has 1 aromatic heterocycles. The minimum atomic E-state index is -0.682. The van der Waals surface area contributed by atoms with Crippen molar-refractivity contribution in [1.82, 2.24) is 4.98 Å². The topological polar surface area (TPSA) is 76.0 Å². The van der Waals surface area contributed by atoms with Crippen molar-refractivity contribution in [1.29, 1.82) is 0 Å². The summed E-state index contributed by atoms with van der Waals surface area (Å²) in [6, 6.07) is 5.09. The van der Waals surface area contributed by atoms with Gasteiger partial charge in [0.15, 0.2) is 0 Å². The average molecular weight is 316 g/mol. The molecule has 0 fully saturated rings. The number of aromatic amines is 1. The number of aromatic nitrogens is 1. The molecule has 0 aliphatic carbocycles. The Kier molecular flexibility index (Phi) is 2.43. The van der Waals surface area contributed by atoms with Gasteiger partial charge in [0.25, 0.3) is 5.43 Å². The van der Waals surface area contributed by atoms with E-state index in [9.17, 15) is 14.9 Å². The van der Waals surface area contributed by atoms with Gasteiger partial charge in [0.2, 0.25) is 0 Å². The van der Waals surface area contributed by atoms with Crippen LogP contribution in [-0.4, -0.2) is 9.91 Å². The lowest BCUT2D eigenvalue weighted by Gasteiger charge is -1.99. The van der Waals surface area contributed by atoms with Crippen LogP contribution in [0, 0.1) is 13.7 Å². The first-order valence-electron chi connectivity index (χ1n) is 4.05. The second-order valence-corrected chi connectivity index (χ2v) is 4.08. The average Bonchev–Trinajstić information content (AvgIpc) is 2.19. The predicted octanol–water partition coefficient (Wildman–Crippen LogP) is 2.04. The van der Waals surface area contributed by atoms with Gasteiger partial charge in [0.1, 0.15) is 0 Å². The fourth-order valence-electron chi connectivity index (χ4n) is 1.34. The second-order valence-electron chi connectivity index (χ2n) is 2.92. The van der Waals surface area contributed by atoms with Crippen LogP contribution in [0.3, 0.4) is 0 Å². The third-order valence-electron chi connectivity index (χ3n) is 2.04. The normalized spacial score (nSPS) is 10.5. The van der Waals surface area contributed by atoms with E-state index in [0.29, 0.717) is 10.9 Å². The molecule has 0 aliphatic heterocycles. The lowest BCUT2D eigenvalue weighted by atomic mass is 10.2. The Morgan fingerprint density at radius 2 is 2.13 bits per heavy atom. The Labute approximate surface area is 97.4 Å². The fourth-order valence-corrected chi connectivity index (χ4v) is 1.99. The van der Waals surface area contributed by atoms with E-state index in [-0.39, 0.29) is 0 Å². The number of nitro groups is 1. The van der Waals surface area contributed by atoms with Gasteiger partial charge in [-0.05, 0) is 34.7 Å². The Bertz CT molecular complexity index is 606. The summed E-state index contributed by atoms with van der Waals surface area (Å²) in [7, 11) is 0. The van der Waals surface area contributed by atoms with Gasteiger partial charge in [-0.1, -0.05) is 6.07 Å². The Morgan fingerprint density at radius 1 is 1.40 bits per heavy atom. The van der Waals surface area contributed by atoms with Crippen molar-refractivity contribution in [3.05, 3.63) is 48.3 Å². The van der Waals surface area contributed by atoms with Crippen molar-refractivity contribution in [2.45, 2.75) is 0 Å². The van der Waals surface area contributed by atoms with Crippen LogP contribution in [0.2, 0.25) is 0 Å². The van der Waals surface area contributed by atoms with E-state index < -0.39 is 16.0 Å². The van der Waals surface area contributed by atoms with Crippen molar-refractivity contribution in [3.8, 4) is 0 Å². The number of nitrogens with one attached hydrogen (secondary N) is 1. The standard InChI is InChI=1S/C9H5IN2O3/c10-6-3-1-2-5-8(6)11-4-7(9(5)13)12(14)15/h1-4H,(H,11,13). The Morgan fingerprint density at radius 3 is 2.80 bits per heavy atom. The molecular weight excluding hydrogens is 311 g/mol. The summed E-state index contributed by atoms with van der Waals surface area (Å²) in [6.07, 6.45) is 1.13. The van der Waals surface area contributed by atoms with Gasteiger partial charge < -0.3 is 4.98 Å². The van der Waals surface area contributed by atoms with Crippen LogP contribution in [0.25, 0.3) is 10.9 Å². The molecule has 1 aromatic carbocycles. The molecule has 0 bridgehead atoms. The van der Waals surface area contributed by atoms with Gasteiger partial charge in [-0.3, -0.25) is 14.9 Å². The van der Waals surface area contributed by atoms with E-state index in [1.54, 1.807) is 12.1 Å². The molecule has 1 heterocycles. The smallest absolute Gasteiger partial charge is 0.332 e. The lowest BCUT2D eigenvalue weighted by molar-refractivity contribution is -0.386. The molecule has 2 rings (SSSR count). The van der Waals surface area contributed by atoms with E-state index >= 15 is 0 Å². The molecular formula is C9H5IN2O3. The first kappa shape index (κ1) is 10.1. The number of pyridine rings is 1. The van der Waals surface area contributed by atoms with Gasteiger partial charge in [0.05, 0.1) is 22.0 Å². The molecule has 0 atom stereocenters. The summed E-state index contributed by atoms with van der Waals surface area (Å²) in [4.78, 5) is 24.3. The number of halogens is 1. The number of benzene rings is 1. The minimum absolute atomic E-state index is 0.344. The fraction of sp³-hybridized carbons (Fsp3) is 0. The maximum atomic E-state index is 11.7. The van der Waals surface area contributed by atoms with Crippen molar-refractivity contribution >= 4 is 39.2 Å². The number of fused-ring (bicyclic) bond motifs is 1. The summed E-state index contributed by atoms with van der Waals surface area (Å²) in [5, 5.41) is 10.9. The van der Waals surface area contributed by atoms with Crippen LogP contribution < -0.4 is 5.43 Å². The zero-order valence-electron chi connectivity index (χ0n) is 7.36.